The summed E-state index contributed by atoms with van der Waals surface area (Å²) >= 11 is 0. The standard InChI is InChI=1S/C19H31NO6/c1-18(2,3)24-16(22)20(26-17(23)25-19(4,5)6)13-9-11-14-10-7-8-12-15(14)21/h10H,7-9,11-13H2,1-6H3. The van der Waals surface area contributed by atoms with Crippen LogP contribution in [-0.2, 0) is 19.1 Å². The van der Waals surface area contributed by atoms with Gasteiger partial charge in [0.15, 0.2) is 5.78 Å². The van der Waals surface area contributed by atoms with E-state index in [9.17, 15) is 14.4 Å². The summed E-state index contributed by atoms with van der Waals surface area (Å²) in [6, 6.07) is 0. The van der Waals surface area contributed by atoms with Crippen LogP contribution >= 0.6 is 0 Å². The zero-order chi connectivity index (χ0) is 20.0. The predicted octanol–water partition coefficient (Wildman–Crippen LogP) is 4.55. The molecule has 7 heteroatoms. The van der Waals surface area contributed by atoms with Gasteiger partial charge < -0.3 is 14.3 Å². The van der Waals surface area contributed by atoms with E-state index in [1.807, 2.05) is 6.08 Å². The second kappa shape index (κ2) is 9.05. The second-order valence-electron chi connectivity index (χ2n) is 8.29. The van der Waals surface area contributed by atoms with Gasteiger partial charge in [0.2, 0.25) is 0 Å². The molecule has 0 aromatic rings. The number of carbonyl (C=O) groups excluding carboxylic acids is 3. The smallest absolute Gasteiger partial charge is 0.442 e. The summed E-state index contributed by atoms with van der Waals surface area (Å²) in [5.74, 6) is 0.146. The Bertz CT molecular complexity index is 553. The van der Waals surface area contributed by atoms with Gasteiger partial charge in [-0.1, -0.05) is 6.08 Å². The van der Waals surface area contributed by atoms with Gasteiger partial charge >= 0.3 is 12.2 Å². The van der Waals surface area contributed by atoms with Gasteiger partial charge in [0.1, 0.15) is 11.2 Å². The van der Waals surface area contributed by atoms with Crippen molar-refractivity contribution in [1.29, 1.82) is 0 Å². The van der Waals surface area contributed by atoms with E-state index in [4.69, 9.17) is 14.3 Å². The van der Waals surface area contributed by atoms with E-state index in [1.165, 1.54) is 0 Å². The number of nitrogens with zero attached hydrogens (tertiary/aromatic N) is 1. The first-order valence-corrected chi connectivity index (χ1v) is 9.01. The van der Waals surface area contributed by atoms with E-state index in [2.05, 4.69) is 0 Å². The van der Waals surface area contributed by atoms with Crippen LogP contribution in [-0.4, -0.2) is 40.8 Å². The number of ether oxygens (including phenoxy) is 2. The quantitative estimate of drug-likeness (QED) is 0.534. The van der Waals surface area contributed by atoms with E-state index >= 15 is 0 Å². The van der Waals surface area contributed by atoms with Crippen LogP contribution in [0.5, 0.6) is 0 Å². The van der Waals surface area contributed by atoms with Gasteiger partial charge in [0.05, 0.1) is 6.54 Å². The molecular weight excluding hydrogens is 338 g/mol. The molecule has 148 valence electrons. The molecule has 0 heterocycles. The summed E-state index contributed by atoms with van der Waals surface area (Å²) in [7, 11) is 0. The number of hydroxylamine groups is 2. The summed E-state index contributed by atoms with van der Waals surface area (Å²) in [5, 5.41) is 0.854. The largest absolute Gasteiger partial charge is 0.534 e. The lowest BCUT2D eigenvalue weighted by Crippen LogP contribution is -2.40. The van der Waals surface area contributed by atoms with Crippen molar-refractivity contribution in [3.05, 3.63) is 11.6 Å². The van der Waals surface area contributed by atoms with Crippen LogP contribution in [0.4, 0.5) is 9.59 Å². The fraction of sp³-hybridized carbons (Fsp3) is 0.737. The maximum atomic E-state index is 12.3. The highest BCUT2D eigenvalue weighted by molar-refractivity contribution is 5.95. The minimum Gasteiger partial charge on any atom is -0.442 e. The third-order valence-corrected chi connectivity index (χ3v) is 3.34. The summed E-state index contributed by atoms with van der Waals surface area (Å²) in [5.41, 5.74) is -0.692. The van der Waals surface area contributed by atoms with Crippen LogP contribution in [0.15, 0.2) is 11.6 Å². The minimum absolute atomic E-state index is 0.110. The van der Waals surface area contributed by atoms with Crippen LogP contribution in [0.3, 0.4) is 0 Å². The minimum atomic E-state index is -0.976. The van der Waals surface area contributed by atoms with Crippen LogP contribution in [0, 0.1) is 0 Å². The second-order valence-corrected chi connectivity index (χ2v) is 8.29. The van der Waals surface area contributed by atoms with Crippen molar-refractivity contribution in [2.45, 2.75) is 84.8 Å². The lowest BCUT2D eigenvalue weighted by molar-refractivity contribution is -0.136. The third-order valence-electron chi connectivity index (χ3n) is 3.34. The van der Waals surface area contributed by atoms with E-state index < -0.39 is 23.5 Å². The summed E-state index contributed by atoms with van der Waals surface area (Å²) in [6.45, 7) is 10.4. The number of hydrogen-bond donors (Lipinski definition) is 0. The molecule has 26 heavy (non-hydrogen) atoms. The molecule has 7 nitrogen and oxygen atoms in total. The number of rotatable bonds is 4. The van der Waals surface area contributed by atoms with Gasteiger partial charge in [0.25, 0.3) is 0 Å². The van der Waals surface area contributed by atoms with E-state index in [1.54, 1.807) is 41.5 Å². The van der Waals surface area contributed by atoms with Crippen molar-refractivity contribution < 1.29 is 28.7 Å². The topological polar surface area (TPSA) is 82.1 Å². The average molecular weight is 369 g/mol. The first-order valence-electron chi connectivity index (χ1n) is 9.01. The molecule has 1 aliphatic carbocycles. The Hall–Kier alpha value is -2.05. The molecule has 1 rings (SSSR count). The monoisotopic (exact) mass is 369 g/mol. The van der Waals surface area contributed by atoms with Gasteiger partial charge in [-0.25, -0.2) is 9.59 Å². The van der Waals surface area contributed by atoms with Gasteiger partial charge in [-0.2, -0.15) is 0 Å². The van der Waals surface area contributed by atoms with Crippen molar-refractivity contribution in [2.24, 2.45) is 0 Å². The third kappa shape index (κ3) is 8.87. The number of amides is 1. The molecule has 0 saturated heterocycles. The fourth-order valence-electron chi connectivity index (χ4n) is 2.31. The Kier molecular flexibility index (Phi) is 7.66. The highest BCUT2D eigenvalue weighted by Gasteiger charge is 2.28. The molecule has 1 amide bonds. The van der Waals surface area contributed by atoms with Crippen molar-refractivity contribution in [1.82, 2.24) is 5.06 Å². The van der Waals surface area contributed by atoms with Crippen LogP contribution in [0.1, 0.15) is 73.6 Å². The predicted molar refractivity (Wildman–Crippen MR) is 96.4 cm³/mol. The Balaban J connectivity index is 2.67. The molecule has 0 N–H and O–H groups in total. The average Bonchev–Trinajstić information content (AvgIpc) is 2.44. The zero-order valence-corrected chi connectivity index (χ0v) is 16.7. The van der Waals surface area contributed by atoms with Crippen LogP contribution < -0.4 is 0 Å². The van der Waals surface area contributed by atoms with Crippen LogP contribution in [0.25, 0.3) is 0 Å². The molecule has 0 unspecified atom stereocenters. The molecule has 0 atom stereocenters. The maximum Gasteiger partial charge on any atom is 0.534 e. The summed E-state index contributed by atoms with van der Waals surface area (Å²) in [6.07, 6.45) is 3.53. The van der Waals surface area contributed by atoms with Gasteiger partial charge in [0, 0.05) is 6.42 Å². The van der Waals surface area contributed by atoms with Gasteiger partial charge in [-0.3, -0.25) is 4.79 Å². The molecule has 0 radical (unpaired) electrons. The Morgan fingerprint density at radius 3 is 2.23 bits per heavy atom. The molecule has 1 aliphatic rings. The first kappa shape index (κ1) is 22.0. The van der Waals surface area contributed by atoms with Crippen molar-refractivity contribution in [3.63, 3.8) is 0 Å². The molecule has 0 aliphatic heterocycles. The molecule has 0 aromatic carbocycles. The fourth-order valence-corrected chi connectivity index (χ4v) is 2.31. The molecule has 0 fully saturated rings. The molecule has 0 saturated carbocycles. The highest BCUT2D eigenvalue weighted by Crippen LogP contribution is 2.19. The van der Waals surface area contributed by atoms with Crippen molar-refractivity contribution in [3.8, 4) is 0 Å². The normalized spacial score (nSPS) is 15.2. The number of ketones is 1. The van der Waals surface area contributed by atoms with E-state index in [0.717, 1.165) is 23.5 Å². The number of hydrogen-bond acceptors (Lipinski definition) is 6. The maximum absolute atomic E-state index is 12.3. The summed E-state index contributed by atoms with van der Waals surface area (Å²) < 4.78 is 10.4. The Labute approximate surface area is 155 Å². The lowest BCUT2D eigenvalue weighted by Gasteiger charge is -2.27. The Morgan fingerprint density at radius 2 is 1.69 bits per heavy atom. The lowest BCUT2D eigenvalue weighted by atomic mass is 9.95. The number of allylic oxidation sites excluding steroid dienone is 2. The van der Waals surface area contributed by atoms with Crippen molar-refractivity contribution in [2.75, 3.05) is 6.54 Å². The number of carbonyl (C=O) groups is 3. The van der Waals surface area contributed by atoms with Gasteiger partial charge in [-0.15, -0.1) is 5.06 Å². The SMILES string of the molecule is CC(C)(C)OC(=O)ON(CCCC1=CCCCC1=O)C(=O)OC(C)(C)C. The van der Waals surface area contributed by atoms with Crippen LogP contribution in [0.2, 0.25) is 0 Å². The zero-order valence-electron chi connectivity index (χ0n) is 16.7. The van der Waals surface area contributed by atoms with Crippen molar-refractivity contribution >= 4 is 18.0 Å². The molecule has 0 spiro atoms. The summed E-state index contributed by atoms with van der Waals surface area (Å²) in [4.78, 5) is 41.1. The molecule has 0 aromatic heterocycles. The Morgan fingerprint density at radius 1 is 1.08 bits per heavy atom. The van der Waals surface area contributed by atoms with Gasteiger partial charge in [-0.05, 0) is 72.8 Å². The van der Waals surface area contributed by atoms with E-state index in [-0.39, 0.29) is 12.3 Å². The number of Topliss-reactive ketones (excluding diaryl/α,β-unsaturated/α-hetero) is 1. The first-order chi connectivity index (χ1) is 11.9. The molecular formula is C19H31NO6. The molecule has 0 bridgehead atoms. The van der Waals surface area contributed by atoms with E-state index in [0.29, 0.717) is 19.3 Å². The highest BCUT2D eigenvalue weighted by atomic mass is 16.8.